The normalized spacial score (nSPS) is 16.0. The van der Waals surface area contributed by atoms with Gasteiger partial charge in [-0.15, -0.1) is 0 Å². The molecule has 13 heteroatoms. The molecule has 2 atom stereocenters. The number of allylic oxidation sites excluding steroid dienone is 1. The van der Waals surface area contributed by atoms with E-state index in [4.69, 9.17) is 18.9 Å². The van der Waals surface area contributed by atoms with Crippen molar-refractivity contribution in [2.45, 2.75) is 26.1 Å². The fraction of sp³-hybridized carbons (Fsp3) is 0.320. The lowest BCUT2D eigenvalue weighted by Crippen LogP contribution is -2.45. The molecule has 2 aromatic carbocycles. The van der Waals surface area contributed by atoms with E-state index in [1.54, 1.807) is 38.4 Å². The number of aliphatic hydroxyl groups is 1. The summed E-state index contributed by atoms with van der Waals surface area (Å²) in [5.41, 5.74) is 4.66. The van der Waals surface area contributed by atoms with Crippen molar-refractivity contribution in [3.8, 4) is 17.2 Å². The molecule has 0 spiro atoms. The number of benzene rings is 2. The Morgan fingerprint density at radius 2 is 1.97 bits per heavy atom. The molecule has 0 saturated heterocycles. The molecule has 1 aliphatic heterocycles. The highest BCUT2D eigenvalue weighted by atomic mass is 127. The van der Waals surface area contributed by atoms with Crippen molar-refractivity contribution in [1.29, 1.82) is 0 Å². The molecule has 0 fully saturated rings. The zero-order valence-electron chi connectivity index (χ0n) is 21.1. The van der Waals surface area contributed by atoms with Crippen LogP contribution in [0.5, 0.6) is 17.2 Å². The number of hydrogen-bond acceptors (Lipinski definition) is 9. The number of nitrogens with zero attached hydrogens (tertiary/aromatic N) is 1. The van der Waals surface area contributed by atoms with Crippen molar-refractivity contribution in [2.75, 3.05) is 27.4 Å². The highest BCUT2D eigenvalue weighted by Crippen LogP contribution is 2.35. The Morgan fingerprint density at radius 1 is 1.21 bits per heavy atom. The summed E-state index contributed by atoms with van der Waals surface area (Å²) in [7, 11) is 2.87. The lowest BCUT2D eigenvalue weighted by atomic mass is 9.95. The third kappa shape index (κ3) is 7.41. The number of esters is 1. The average molecular weight is 750 g/mol. The van der Waals surface area contributed by atoms with Gasteiger partial charge in [-0.2, -0.15) is 5.10 Å². The van der Waals surface area contributed by atoms with E-state index in [1.807, 2.05) is 19.1 Å². The first-order chi connectivity index (χ1) is 18.2. The quantitative estimate of drug-likeness (QED) is 0.0902. The van der Waals surface area contributed by atoms with Crippen molar-refractivity contribution in [1.82, 2.24) is 16.1 Å². The second-order valence-corrected chi connectivity index (χ2v) is 10.3. The number of amides is 2. The van der Waals surface area contributed by atoms with Crippen LogP contribution in [0.15, 0.2) is 46.7 Å². The Balaban J connectivity index is 1.72. The number of methoxy groups -OCH3 is 2. The SMILES string of the molecule is CCOc1cc([C@@H]2NC(=O)NC(C)=C2C(=O)OC)ccc1OC[C@@H](O)N/N=C/c1cc(I)cc(I)c1OC. The first-order valence-corrected chi connectivity index (χ1v) is 13.6. The minimum atomic E-state index is -1.12. The number of carbonyl (C=O) groups excluding carboxylic acids is 2. The summed E-state index contributed by atoms with van der Waals surface area (Å²) in [5.74, 6) is 0.878. The van der Waals surface area contributed by atoms with Gasteiger partial charge in [0.15, 0.2) is 17.7 Å². The van der Waals surface area contributed by atoms with E-state index in [0.717, 1.165) is 12.7 Å². The van der Waals surface area contributed by atoms with Crippen LogP contribution in [0.25, 0.3) is 0 Å². The molecule has 1 aliphatic rings. The minimum Gasteiger partial charge on any atom is -0.495 e. The highest BCUT2D eigenvalue weighted by molar-refractivity contribution is 14.1. The van der Waals surface area contributed by atoms with Gasteiger partial charge in [0.1, 0.15) is 12.4 Å². The zero-order valence-corrected chi connectivity index (χ0v) is 25.4. The molecule has 3 rings (SSSR count). The van der Waals surface area contributed by atoms with E-state index < -0.39 is 24.3 Å². The molecule has 0 unspecified atom stereocenters. The predicted molar refractivity (Wildman–Crippen MR) is 157 cm³/mol. The second-order valence-electron chi connectivity index (χ2n) is 7.93. The molecule has 2 aromatic rings. The fourth-order valence-corrected chi connectivity index (χ4v) is 5.82. The van der Waals surface area contributed by atoms with Crippen LogP contribution in [0.3, 0.4) is 0 Å². The maximum Gasteiger partial charge on any atom is 0.337 e. The first-order valence-electron chi connectivity index (χ1n) is 11.4. The van der Waals surface area contributed by atoms with Gasteiger partial charge in [0.2, 0.25) is 0 Å². The third-order valence-electron chi connectivity index (χ3n) is 5.34. The van der Waals surface area contributed by atoms with Gasteiger partial charge >= 0.3 is 12.0 Å². The van der Waals surface area contributed by atoms with Crippen LogP contribution in [-0.2, 0) is 9.53 Å². The summed E-state index contributed by atoms with van der Waals surface area (Å²) in [6.07, 6.45) is 0.447. The van der Waals surface area contributed by atoms with Gasteiger partial charge in [-0.25, -0.2) is 9.59 Å². The topological polar surface area (TPSA) is 140 Å². The summed E-state index contributed by atoms with van der Waals surface area (Å²) < 4.78 is 23.8. The number of aliphatic hydroxyl groups excluding tert-OH is 1. The molecule has 204 valence electrons. The van der Waals surface area contributed by atoms with E-state index >= 15 is 0 Å². The van der Waals surface area contributed by atoms with Gasteiger partial charge in [-0.1, -0.05) is 6.07 Å². The molecule has 0 saturated carbocycles. The average Bonchev–Trinajstić information content (AvgIpc) is 2.87. The fourth-order valence-electron chi connectivity index (χ4n) is 3.71. The summed E-state index contributed by atoms with van der Waals surface area (Å²) in [6, 6.07) is 7.74. The van der Waals surface area contributed by atoms with Crippen molar-refractivity contribution < 1.29 is 33.6 Å². The highest BCUT2D eigenvalue weighted by Gasteiger charge is 2.32. The summed E-state index contributed by atoms with van der Waals surface area (Å²) in [6.45, 7) is 3.66. The largest absolute Gasteiger partial charge is 0.495 e. The Morgan fingerprint density at radius 3 is 2.66 bits per heavy atom. The number of hydrogen-bond donors (Lipinski definition) is 4. The van der Waals surface area contributed by atoms with Crippen molar-refractivity contribution in [3.63, 3.8) is 0 Å². The standard InChI is InChI=1S/C25H28I2N4O7/c1-5-37-19-9-14(22-21(24(33)36-4)13(2)29-25(34)30-22)6-7-18(19)38-12-20(32)31-28-11-15-8-16(26)10-17(27)23(15)35-3/h6-11,20,22,31-32H,5,12H2,1-4H3,(H2,29,30,34)/b28-11+/t20-,22+/m1/s1. The number of carbonyl (C=O) groups is 2. The molecular formula is C25H28I2N4O7. The van der Waals surface area contributed by atoms with E-state index in [9.17, 15) is 14.7 Å². The van der Waals surface area contributed by atoms with E-state index in [1.165, 1.54) is 7.11 Å². The van der Waals surface area contributed by atoms with Gasteiger partial charge < -0.3 is 34.7 Å². The number of ether oxygens (including phenoxy) is 4. The maximum atomic E-state index is 12.4. The summed E-state index contributed by atoms with van der Waals surface area (Å²) >= 11 is 4.40. The lowest BCUT2D eigenvalue weighted by molar-refractivity contribution is -0.136. The molecular weight excluding hydrogens is 722 g/mol. The number of urea groups is 1. The molecule has 1 heterocycles. The molecule has 0 radical (unpaired) electrons. The van der Waals surface area contributed by atoms with E-state index in [0.29, 0.717) is 35.1 Å². The molecule has 38 heavy (non-hydrogen) atoms. The number of rotatable bonds is 11. The molecule has 4 N–H and O–H groups in total. The molecule has 0 aliphatic carbocycles. The maximum absolute atomic E-state index is 12.4. The van der Waals surface area contributed by atoms with Crippen LogP contribution in [0.2, 0.25) is 0 Å². The second kappa shape index (κ2) is 13.8. The smallest absolute Gasteiger partial charge is 0.337 e. The Kier molecular flexibility index (Phi) is 10.8. The minimum absolute atomic E-state index is 0.131. The van der Waals surface area contributed by atoms with Crippen LogP contribution in [0.1, 0.15) is 31.0 Å². The van der Waals surface area contributed by atoms with E-state index in [-0.39, 0.29) is 12.2 Å². The van der Waals surface area contributed by atoms with Crippen LogP contribution < -0.4 is 30.3 Å². The summed E-state index contributed by atoms with van der Waals surface area (Å²) in [4.78, 5) is 24.5. The predicted octanol–water partition coefficient (Wildman–Crippen LogP) is 3.42. The van der Waals surface area contributed by atoms with Crippen molar-refractivity contribution >= 4 is 63.4 Å². The molecule has 11 nitrogen and oxygen atoms in total. The molecule has 0 aromatic heterocycles. The first kappa shape index (κ1) is 29.8. The van der Waals surface area contributed by atoms with Crippen molar-refractivity contribution in [2.24, 2.45) is 5.10 Å². The number of hydrazone groups is 1. The van der Waals surface area contributed by atoms with Gasteiger partial charge in [0.25, 0.3) is 0 Å². The van der Waals surface area contributed by atoms with E-state index in [2.05, 4.69) is 66.3 Å². The van der Waals surface area contributed by atoms with Gasteiger partial charge in [0, 0.05) is 14.8 Å². The van der Waals surface area contributed by atoms with Gasteiger partial charge in [0.05, 0.1) is 42.2 Å². The van der Waals surface area contributed by atoms with Crippen LogP contribution in [0, 0.1) is 7.14 Å². The Labute approximate surface area is 247 Å². The Hall–Kier alpha value is -2.79. The lowest BCUT2D eigenvalue weighted by Gasteiger charge is -2.28. The van der Waals surface area contributed by atoms with Gasteiger partial charge in [-0.05, 0) is 88.9 Å². The summed E-state index contributed by atoms with van der Waals surface area (Å²) in [5, 5.41) is 19.8. The van der Waals surface area contributed by atoms with Crippen LogP contribution >= 0.6 is 45.2 Å². The van der Waals surface area contributed by atoms with Gasteiger partial charge in [-0.3, -0.25) is 5.43 Å². The van der Waals surface area contributed by atoms with Crippen LogP contribution in [0.4, 0.5) is 4.79 Å². The third-order valence-corrected chi connectivity index (χ3v) is 6.76. The monoisotopic (exact) mass is 750 g/mol. The Bertz CT molecular complexity index is 1250. The molecule has 0 bridgehead atoms. The molecule has 2 amide bonds. The number of nitrogens with one attached hydrogen (secondary N) is 3. The van der Waals surface area contributed by atoms with Crippen LogP contribution in [-0.4, -0.2) is 57.0 Å². The van der Waals surface area contributed by atoms with Crippen molar-refractivity contribution in [3.05, 3.63) is 59.9 Å². The number of halogens is 2. The zero-order chi connectivity index (χ0) is 27.8.